The zero-order valence-corrected chi connectivity index (χ0v) is 15.3. The number of fused-ring (bicyclic) bond motifs is 2. The summed E-state index contributed by atoms with van der Waals surface area (Å²) in [5.41, 5.74) is 0.965. The lowest BCUT2D eigenvalue weighted by atomic mass is 10.1. The summed E-state index contributed by atoms with van der Waals surface area (Å²) in [6, 6.07) is 19.3. The Morgan fingerprint density at radius 2 is 1.76 bits per heavy atom. The molecule has 0 bridgehead atoms. The molecular formula is C20H12Cl2O2S. The Balaban J connectivity index is 1.61. The van der Waals surface area contributed by atoms with Gasteiger partial charge in [0.15, 0.2) is 0 Å². The van der Waals surface area contributed by atoms with E-state index >= 15 is 0 Å². The van der Waals surface area contributed by atoms with Crippen LogP contribution in [0.2, 0.25) is 10.0 Å². The minimum absolute atomic E-state index is 0.200. The molecule has 0 N–H and O–H groups in total. The number of benzene rings is 3. The highest BCUT2D eigenvalue weighted by Gasteiger charge is 2.19. The van der Waals surface area contributed by atoms with Crippen LogP contribution in [0.25, 0.3) is 20.9 Å². The molecule has 5 heteroatoms. The molecule has 0 aliphatic carbocycles. The van der Waals surface area contributed by atoms with Gasteiger partial charge in [0, 0.05) is 15.1 Å². The highest BCUT2D eigenvalue weighted by Crippen LogP contribution is 2.37. The number of hydrogen-bond acceptors (Lipinski definition) is 3. The molecule has 25 heavy (non-hydrogen) atoms. The third-order valence-corrected chi connectivity index (χ3v) is 5.89. The number of ether oxygens (including phenoxy) is 1. The Bertz CT molecular complexity index is 1100. The monoisotopic (exact) mass is 386 g/mol. The van der Waals surface area contributed by atoms with Gasteiger partial charge in [-0.15, -0.1) is 11.3 Å². The van der Waals surface area contributed by atoms with Crippen molar-refractivity contribution in [2.75, 3.05) is 0 Å². The first-order chi connectivity index (χ1) is 12.1. The van der Waals surface area contributed by atoms with Crippen molar-refractivity contribution in [2.24, 2.45) is 0 Å². The van der Waals surface area contributed by atoms with Crippen LogP contribution >= 0.6 is 34.5 Å². The van der Waals surface area contributed by atoms with Gasteiger partial charge in [-0.3, -0.25) is 0 Å². The first kappa shape index (κ1) is 16.4. The average Bonchev–Trinajstić information content (AvgIpc) is 2.95. The molecule has 1 heterocycles. The fourth-order valence-corrected chi connectivity index (χ4v) is 4.48. The van der Waals surface area contributed by atoms with E-state index in [9.17, 15) is 4.79 Å². The molecule has 0 spiro atoms. The van der Waals surface area contributed by atoms with E-state index in [1.54, 1.807) is 12.1 Å². The maximum absolute atomic E-state index is 12.5. The molecule has 0 atom stereocenters. The van der Waals surface area contributed by atoms with Gasteiger partial charge in [0.25, 0.3) is 0 Å². The molecule has 0 aliphatic heterocycles. The summed E-state index contributed by atoms with van der Waals surface area (Å²) in [6.07, 6.45) is 0. The number of halogens is 2. The van der Waals surface area contributed by atoms with Crippen molar-refractivity contribution in [1.82, 2.24) is 0 Å². The molecular weight excluding hydrogens is 375 g/mol. The van der Waals surface area contributed by atoms with Crippen LogP contribution in [0.15, 0.2) is 60.7 Å². The number of carbonyl (C=O) groups is 1. The lowest BCUT2D eigenvalue weighted by molar-refractivity contribution is 0.0480. The third kappa shape index (κ3) is 3.11. The van der Waals surface area contributed by atoms with Crippen LogP contribution in [0.1, 0.15) is 15.2 Å². The molecule has 0 aliphatic rings. The first-order valence-corrected chi connectivity index (χ1v) is 9.22. The second kappa shape index (κ2) is 6.68. The van der Waals surface area contributed by atoms with Crippen LogP contribution in [0.3, 0.4) is 0 Å². The van der Waals surface area contributed by atoms with Crippen molar-refractivity contribution in [2.45, 2.75) is 6.61 Å². The Hall–Kier alpha value is -2.07. The summed E-state index contributed by atoms with van der Waals surface area (Å²) in [7, 11) is 0. The second-order valence-corrected chi connectivity index (χ2v) is 7.47. The Kier molecular flexibility index (Phi) is 4.38. The fourth-order valence-electron chi connectivity index (χ4n) is 2.80. The van der Waals surface area contributed by atoms with Gasteiger partial charge in [-0.2, -0.15) is 0 Å². The Labute approximate surface area is 158 Å². The van der Waals surface area contributed by atoms with Crippen molar-refractivity contribution in [3.63, 3.8) is 0 Å². The maximum atomic E-state index is 12.5. The summed E-state index contributed by atoms with van der Waals surface area (Å²) in [6.45, 7) is 0.200. The zero-order valence-electron chi connectivity index (χ0n) is 13.0. The smallest absolute Gasteiger partial charge is 0.350 e. The van der Waals surface area contributed by atoms with Crippen LogP contribution in [-0.2, 0) is 11.3 Å². The summed E-state index contributed by atoms with van der Waals surface area (Å²) < 4.78 is 6.39. The lowest BCUT2D eigenvalue weighted by Crippen LogP contribution is -2.04. The molecule has 1 aromatic heterocycles. The van der Waals surface area contributed by atoms with Crippen LogP contribution in [0.5, 0.6) is 0 Å². The van der Waals surface area contributed by atoms with Gasteiger partial charge in [0.1, 0.15) is 11.5 Å². The lowest BCUT2D eigenvalue weighted by Gasteiger charge is -2.07. The second-order valence-electron chi connectivity index (χ2n) is 5.60. The van der Waals surface area contributed by atoms with Crippen LogP contribution < -0.4 is 0 Å². The molecule has 0 unspecified atom stereocenters. The normalized spacial score (nSPS) is 11.1. The standard InChI is InChI=1S/C20H12Cl2O2S/c21-14-8-9-16-17(10-14)25-19(18(16)22)20(23)24-11-13-6-3-5-12-4-1-2-7-15(12)13/h1-10H,11H2. The summed E-state index contributed by atoms with van der Waals surface area (Å²) in [5, 5.41) is 4.03. The van der Waals surface area contributed by atoms with Crippen molar-refractivity contribution in [3.05, 3.63) is 81.1 Å². The highest BCUT2D eigenvalue weighted by molar-refractivity contribution is 7.21. The van der Waals surface area contributed by atoms with Crippen molar-refractivity contribution >= 4 is 61.4 Å². The fraction of sp³-hybridized carbons (Fsp3) is 0.0500. The number of esters is 1. The molecule has 0 amide bonds. The summed E-state index contributed by atoms with van der Waals surface area (Å²) in [5.74, 6) is -0.421. The zero-order chi connectivity index (χ0) is 17.4. The third-order valence-electron chi connectivity index (χ3n) is 4.02. The van der Waals surface area contributed by atoms with E-state index in [4.69, 9.17) is 27.9 Å². The van der Waals surface area contributed by atoms with E-state index in [0.717, 1.165) is 26.4 Å². The predicted octanol–water partition coefficient (Wildman–Crippen LogP) is 6.72. The van der Waals surface area contributed by atoms with Gasteiger partial charge < -0.3 is 4.74 Å². The predicted molar refractivity (Wildman–Crippen MR) is 105 cm³/mol. The molecule has 0 fully saturated rings. The van der Waals surface area contributed by atoms with Gasteiger partial charge in [-0.25, -0.2) is 4.79 Å². The number of rotatable bonds is 3. The Morgan fingerprint density at radius 1 is 0.960 bits per heavy atom. The molecule has 4 rings (SSSR count). The number of hydrogen-bond donors (Lipinski definition) is 0. The Morgan fingerprint density at radius 3 is 2.64 bits per heavy atom. The van der Waals surface area contributed by atoms with Gasteiger partial charge in [0.2, 0.25) is 0 Å². The van der Waals surface area contributed by atoms with Gasteiger partial charge in [-0.05, 0) is 28.5 Å². The average molecular weight is 387 g/mol. The van der Waals surface area contributed by atoms with E-state index in [1.165, 1.54) is 11.3 Å². The quantitative estimate of drug-likeness (QED) is 0.365. The minimum Gasteiger partial charge on any atom is -0.457 e. The minimum atomic E-state index is -0.421. The van der Waals surface area contributed by atoms with E-state index in [2.05, 4.69) is 0 Å². The van der Waals surface area contributed by atoms with Crippen LogP contribution in [0, 0.1) is 0 Å². The molecule has 124 valence electrons. The van der Waals surface area contributed by atoms with Crippen molar-refractivity contribution in [3.8, 4) is 0 Å². The van der Waals surface area contributed by atoms with E-state index in [1.807, 2.05) is 48.5 Å². The molecule has 0 saturated carbocycles. The number of carbonyl (C=O) groups excluding carboxylic acids is 1. The molecule has 0 radical (unpaired) electrons. The summed E-state index contributed by atoms with van der Waals surface area (Å²) in [4.78, 5) is 12.9. The van der Waals surface area contributed by atoms with Crippen LogP contribution in [-0.4, -0.2) is 5.97 Å². The highest BCUT2D eigenvalue weighted by atomic mass is 35.5. The van der Waals surface area contributed by atoms with Crippen molar-refractivity contribution < 1.29 is 9.53 Å². The van der Waals surface area contributed by atoms with E-state index in [-0.39, 0.29) is 6.61 Å². The maximum Gasteiger partial charge on any atom is 0.350 e. The largest absolute Gasteiger partial charge is 0.457 e. The molecule has 3 aromatic carbocycles. The van der Waals surface area contributed by atoms with Gasteiger partial charge >= 0.3 is 5.97 Å². The van der Waals surface area contributed by atoms with Crippen molar-refractivity contribution in [1.29, 1.82) is 0 Å². The van der Waals surface area contributed by atoms with E-state index < -0.39 is 5.97 Å². The number of thiophene rings is 1. The first-order valence-electron chi connectivity index (χ1n) is 7.65. The molecule has 2 nitrogen and oxygen atoms in total. The molecule has 4 aromatic rings. The topological polar surface area (TPSA) is 26.3 Å². The SMILES string of the molecule is O=C(OCc1cccc2ccccc12)c1sc2cc(Cl)ccc2c1Cl. The summed E-state index contributed by atoms with van der Waals surface area (Å²) >= 11 is 13.6. The van der Waals surface area contributed by atoms with Gasteiger partial charge in [0.05, 0.1) is 5.02 Å². The van der Waals surface area contributed by atoms with Crippen LogP contribution in [0.4, 0.5) is 0 Å². The molecule has 0 saturated heterocycles. The van der Waals surface area contributed by atoms with Gasteiger partial charge in [-0.1, -0.05) is 71.7 Å². The van der Waals surface area contributed by atoms with E-state index in [0.29, 0.717) is 14.9 Å².